The molecule has 0 fully saturated rings. The molecule has 0 amide bonds. The number of aromatic nitrogens is 3. The molecule has 0 aliphatic heterocycles. The largest absolute Gasteiger partial charge is 0.461 e. The Morgan fingerprint density at radius 1 is 1.24 bits per heavy atom. The van der Waals surface area contributed by atoms with Gasteiger partial charge in [0.05, 0.1) is 6.10 Å². The fourth-order valence-electron chi connectivity index (χ4n) is 1.73. The van der Waals surface area contributed by atoms with Gasteiger partial charge in [0.15, 0.2) is 0 Å². The Morgan fingerprint density at radius 3 is 2.57 bits per heavy atom. The highest BCUT2D eigenvalue weighted by molar-refractivity contribution is 5.38. The van der Waals surface area contributed by atoms with Crippen molar-refractivity contribution in [3.8, 4) is 6.01 Å². The second-order valence-electron chi connectivity index (χ2n) is 4.99. The van der Waals surface area contributed by atoms with Crippen molar-refractivity contribution in [1.29, 1.82) is 0 Å². The summed E-state index contributed by atoms with van der Waals surface area (Å²) in [6.07, 6.45) is 1.67. The van der Waals surface area contributed by atoms with Gasteiger partial charge < -0.3 is 20.1 Å². The second-order valence-corrected chi connectivity index (χ2v) is 4.99. The molecule has 0 atom stereocenters. The first-order valence-electron chi connectivity index (χ1n) is 7.63. The number of ether oxygens (including phenoxy) is 1. The van der Waals surface area contributed by atoms with Crippen LogP contribution in [0.1, 0.15) is 40.5 Å². The second kappa shape index (κ2) is 9.33. The van der Waals surface area contributed by atoms with Crippen LogP contribution in [0, 0.1) is 0 Å². The average Bonchev–Trinajstić information content (AvgIpc) is 2.45. The summed E-state index contributed by atoms with van der Waals surface area (Å²) < 4.78 is 5.60. The maximum Gasteiger partial charge on any atom is 0.323 e. The molecule has 0 aliphatic rings. The molecule has 0 aromatic carbocycles. The monoisotopic (exact) mass is 297 g/mol. The minimum Gasteiger partial charge on any atom is -0.461 e. The first-order valence-corrected chi connectivity index (χ1v) is 7.63. The third-order valence-corrected chi connectivity index (χ3v) is 2.73. The summed E-state index contributed by atoms with van der Waals surface area (Å²) >= 11 is 0. The Hall–Kier alpha value is -1.63. The van der Waals surface area contributed by atoms with E-state index in [-0.39, 0.29) is 12.7 Å². The zero-order valence-electron chi connectivity index (χ0n) is 13.5. The molecule has 1 aromatic heterocycles. The van der Waals surface area contributed by atoms with Crippen molar-refractivity contribution >= 4 is 11.9 Å². The van der Waals surface area contributed by atoms with E-state index in [0.29, 0.717) is 30.9 Å². The van der Waals surface area contributed by atoms with Crippen molar-refractivity contribution in [3.05, 3.63) is 0 Å². The highest BCUT2D eigenvalue weighted by atomic mass is 16.5. The van der Waals surface area contributed by atoms with E-state index in [2.05, 4.69) is 27.2 Å². The molecule has 1 rings (SSSR count). The number of aliphatic hydroxyl groups is 1. The third kappa shape index (κ3) is 6.12. The van der Waals surface area contributed by atoms with Crippen molar-refractivity contribution in [1.82, 2.24) is 15.0 Å². The van der Waals surface area contributed by atoms with Crippen molar-refractivity contribution in [2.75, 3.05) is 36.5 Å². The van der Waals surface area contributed by atoms with Crippen LogP contribution in [0.4, 0.5) is 11.9 Å². The maximum atomic E-state index is 8.98. The Morgan fingerprint density at radius 2 is 2.00 bits per heavy atom. The zero-order valence-corrected chi connectivity index (χ0v) is 13.5. The highest BCUT2D eigenvalue weighted by Gasteiger charge is 2.13. The molecule has 0 spiro atoms. The van der Waals surface area contributed by atoms with E-state index in [9.17, 15) is 0 Å². The molecule has 21 heavy (non-hydrogen) atoms. The Bertz CT molecular complexity index is 414. The molecule has 0 unspecified atom stereocenters. The van der Waals surface area contributed by atoms with E-state index < -0.39 is 0 Å². The summed E-state index contributed by atoms with van der Waals surface area (Å²) in [6, 6.07) is 0.330. The summed E-state index contributed by atoms with van der Waals surface area (Å²) in [5, 5.41) is 12.2. The summed E-state index contributed by atoms with van der Waals surface area (Å²) in [5.74, 6) is 1.11. The zero-order chi connectivity index (χ0) is 15.7. The van der Waals surface area contributed by atoms with Crippen molar-refractivity contribution in [3.63, 3.8) is 0 Å². The topological polar surface area (TPSA) is 83.4 Å². The van der Waals surface area contributed by atoms with E-state index in [1.165, 1.54) is 0 Å². The van der Waals surface area contributed by atoms with Crippen LogP contribution >= 0.6 is 0 Å². The van der Waals surface area contributed by atoms with E-state index in [4.69, 9.17) is 9.84 Å². The van der Waals surface area contributed by atoms with Gasteiger partial charge in [-0.1, -0.05) is 6.92 Å². The van der Waals surface area contributed by atoms with Gasteiger partial charge in [-0.25, -0.2) is 0 Å². The molecule has 7 heteroatoms. The van der Waals surface area contributed by atoms with Crippen molar-refractivity contribution in [2.24, 2.45) is 0 Å². The van der Waals surface area contributed by atoms with Crippen LogP contribution in [0.5, 0.6) is 6.01 Å². The quantitative estimate of drug-likeness (QED) is 0.680. The fourth-order valence-corrected chi connectivity index (χ4v) is 1.73. The van der Waals surface area contributed by atoms with Crippen LogP contribution in [-0.4, -0.2) is 52.4 Å². The van der Waals surface area contributed by atoms with E-state index in [0.717, 1.165) is 19.5 Å². The van der Waals surface area contributed by atoms with Crippen LogP contribution in [0.15, 0.2) is 0 Å². The average molecular weight is 297 g/mol. The summed E-state index contributed by atoms with van der Waals surface area (Å²) in [6.45, 7) is 10.4. The van der Waals surface area contributed by atoms with Gasteiger partial charge in [0, 0.05) is 26.2 Å². The highest BCUT2D eigenvalue weighted by Crippen LogP contribution is 2.16. The van der Waals surface area contributed by atoms with Crippen molar-refractivity contribution in [2.45, 2.75) is 46.6 Å². The minimum atomic E-state index is 0.00629. The van der Waals surface area contributed by atoms with Crippen LogP contribution < -0.4 is 15.0 Å². The summed E-state index contributed by atoms with van der Waals surface area (Å²) in [7, 11) is 0. The van der Waals surface area contributed by atoms with Gasteiger partial charge in [-0.05, 0) is 33.6 Å². The minimum absolute atomic E-state index is 0.00629. The standard InChI is InChI=1S/C14H27N5O2/c1-5-8-15-12-16-13(19(6-2)9-7-10-20)18-14(17-12)21-11(3)4/h11,20H,5-10H2,1-4H3,(H,15,16,17,18). The molecule has 2 N–H and O–H groups in total. The van der Waals surface area contributed by atoms with Crippen LogP contribution in [0.3, 0.4) is 0 Å². The van der Waals surface area contributed by atoms with Gasteiger partial charge in [0.1, 0.15) is 0 Å². The molecule has 120 valence electrons. The number of hydrogen-bond donors (Lipinski definition) is 2. The number of hydrogen-bond acceptors (Lipinski definition) is 7. The van der Waals surface area contributed by atoms with Crippen LogP contribution in [0.25, 0.3) is 0 Å². The molecule has 0 aliphatic carbocycles. The summed E-state index contributed by atoms with van der Waals surface area (Å²) in [5.41, 5.74) is 0. The lowest BCUT2D eigenvalue weighted by Crippen LogP contribution is -2.27. The number of nitrogens with one attached hydrogen (secondary N) is 1. The first kappa shape index (κ1) is 17.4. The van der Waals surface area contributed by atoms with Crippen LogP contribution in [0.2, 0.25) is 0 Å². The maximum absolute atomic E-state index is 8.98. The summed E-state index contributed by atoms with van der Waals surface area (Å²) in [4.78, 5) is 15.1. The van der Waals surface area contributed by atoms with Gasteiger partial charge in [-0.15, -0.1) is 0 Å². The number of aliphatic hydroxyl groups excluding tert-OH is 1. The SMILES string of the molecule is CCCNc1nc(OC(C)C)nc(N(CC)CCCO)n1. The molecule has 0 saturated heterocycles. The number of anilines is 2. The predicted octanol–water partition coefficient (Wildman–Crippen LogP) is 1.69. The van der Waals surface area contributed by atoms with E-state index in [1.807, 2.05) is 25.7 Å². The third-order valence-electron chi connectivity index (χ3n) is 2.73. The molecule has 1 aromatic rings. The molecule has 0 saturated carbocycles. The van der Waals surface area contributed by atoms with E-state index >= 15 is 0 Å². The Kier molecular flexibility index (Phi) is 7.74. The number of rotatable bonds is 10. The molecule has 7 nitrogen and oxygen atoms in total. The van der Waals surface area contributed by atoms with Crippen molar-refractivity contribution < 1.29 is 9.84 Å². The molecule has 0 bridgehead atoms. The number of nitrogens with zero attached hydrogens (tertiary/aromatic N) is 4. The first-order chi connectivity index (χ1) is 10.1. The van der Waals surface area contributed by atoms with Gasteiger partial charge in [0.2, 0.25) is 11.9 Å². The smallest absolute Gasteiger partial charge is 0.323 e. The Labute approximate surface area is 126 Å². The molecule has 0 radical (unpaired) electrons. The predicted molar refractivity (Wildman–Crippen MR) is 84.0 cm³/mol. The molecular formula is C14H27N5O2. The molecule has 1 heterocycles. The fraction of sp³-hybridized carbons (Fsp3) is 0.786. The normalized spacial score (nSPS) is 10.8. The molecular weight excluding hydrogens is 270 g/mol. The van der Waals surface area contributed by atoms with E-state index in [1.54, 1.807) is 0 Å². The lowest BCUT2D eigenvalue weighted by molar-refractivity contribution is 0.222. The van der Waals surface area contributed by atoms with Gasteiger partial charge in [0.25, 0.3) is 0 Å². The van der Waals surface area contributed by atoms with Crippen LogP contribution in [-0.2, 0) is 0 Å². The van der Waals surface area contributed by atoms with Gasteiger partial charge >= 0.3 is 6.01 Å². The van der Waals surface area contributed by atoms with Gasteiger partial charge in [-0.2, -0.15) is 15.0 Å². The lowest BCUT2D eigenvalue weighted by atomic mass is 10.4. The lowest BCUT2D eigenvalue weighted by Gasteiger charge is -2.21. The Balaban J connectivity index is 2.97. The van der Waals surface area contributed by atoms with Gasteiger partial charge in [-0.3, -0.25) is 0 Å².